The van der Waals surface area contributed by atoms with Crippen LogP contribution in [0.15, 0.2) is 47.4 Å². The third-order valence-corrected chi connectivity index (χ3v) is 3.95. The zero-order valence-corrected chi connectivity index (χ0v) is 12.3. The van der Waals surface area contributed by atoms with Crippen LogP contribution < -0.4 is 4.74 Å². The summed E-state index contributed by atoms with van der Waals surface area (Å²) in [7, 11) is 1.49. The standard InChI is InChI=1S/C15H15NO4S/c1-20-14-6-12(5-13(8-14)16(18)19)10-21-15-4-2-3-11(7-15)9-17/h2-8,17H,9-10H2,1H3. The van der Waals surface area contributed by atoms with E-state index in [4.69, 9.17) is 9.84 Å². The van der Waals surface area contributed by atoms with E-state index < -0.39 is 4.92 Å². The molecule has 0 aliphatic rings. The molecule has 21 heavy (non-hydrogen) atoms. The maximum Gasteiger partial charge on any atom is 0.273 e. The number of benzene rings is 2. The quantitative estimate of drug-likeness (QED) is 0.503. The lowest BCUT2D eigenvalue weighted by atomic mass is 10.2. The number of rotatable bonds is 6. The van der Waals surface area contributed by atoms with Gasteiger partial charge in [0.15, 0.2) is 0 Å². The van der Waals surface area contributed by atoms with Crippen molar-refractivity contribution in [2.45, 2.75) is 17.3 Å². The van der Waals surface area contributed by atoms with Crippen molar-refractivity contribution in [2.75, 3.05) is 7.11 Å². The Labute approximate surface area is 126 Å². The van der Waals surface area contributed by atoms with Crippen LogP contribution in [0, 0.1) is 10.1 Å². The van der Waals surface area contributed by atoms with Crippen molar-refractivity contribution in [3.05, 3.63) is 63.7 Å². The molecule has 0 unspecified atom stereocenters. The molecular weight excluding hydrogens is 290 g/mol. The lowest BCUT2D eigenvalue weighted by Gasteiger charge is -2.06. The maximum absolute atomic E-state index is 10.9. The van der Waals surface area contributed by atoms with Crippen LogP contribution in [0.3, 0.4) is 0 Å². The summed E-state index contributed by atoms with van der Waals surface area (Å²) < 4.78 is 5.09. The van der Waals surface area contributed by atoms with Gasteiger partial charge in [0.25, 0.3) is 5.69 Å². The summed E-state index contributed by atoms with van der Waals surface area (Å²) in [6, 6.07) is 12.3. The van der Waals surface area contributed by atoms with Crippen molar-refractivity contribution in [3.8, 4) is 5.75 Å². The highest BCUT2D eigenvalue weighted by atomic mass is 32.2. The first-order valence-corrected chi connectivity index (χ1v) is 7.26. The molecule has 0 amide bonds. The van der Waals surface area contributed by atoms with E-state index in [2.05, 4.69) is 0 Å². The monoisotopic (exact) mass is 305 g/mol. The lowest BCUT2D eigenvalue weighted by molar-refractivity contribution is -0.385. The molecule has 0 spiro atoms. The van der Waals surface area contributed by atoms with Gasteiger partial charge in [0, 0.05) is 16.7 Å². The Bertz CT molecular complexity index is 645. The van der Waals surface area contributed by atoms with E-state index >= 15 is 0 Å². The molecule has 0 aliphatic heterocycles. The molecule has 0 saturated carbocycles. The number of nitro benzene ring substituents is 1. The number of thioether (sulfide) groups is 1. The summed E-state index contributed by atoms with van der Waals surface area (Å²) in [5.41, 5.74) is 1.69. The Morgan fingerprint density at radius 2 is 2.05 bits per heavy atom. The molecule has 1 N–H and O–H groups in total. The van der Waals surface area contributed by atoms with Gasteiger partial charge in [-0.2, -0.15) is 0 Å². The molecular formula is C15H15NO4S. The van der Waals surface area contributed by atoms with Crippen LogP contribution in [0.2, 0.25) is 0 Å². The average molecular weight is 305 g/mol. The number of aliphatic hydroxyl groups excluding tert-OH is 1. The zero-order valence-electron chi connectivity index (χ0n) is 11.5. The molecule has 0 aromatic heterocycles. The van der Waals surface area contributed by atoms with Gasteiger partial charge in [-0.1, -0.05) is 12.1 Å². The third kappa shape index (κ3) is 4.21. The number of aliphatic hydroxyl groups is 1. The number of non-ortho nitro benzene ring substituents is 1. The molecule has 110 valence electrons. The molecule has 2 aromatic carbocycles. The average Bonchev–Trinajstić information content (AvgIpc) is 2.52. The van der Waals surface area contributed by atoms with Crippen LogP contribution in [-0.4, -0.2) is 17.1 Å². The van der Waals surface area contributed by atoms with Crippen molar-refractivity contribution in [1.29, 1.82) is 0 Å². The molecule has 0 radical (unpaired) electrons. The fourth-order valence-corrected chi connectivity index (χ4v) is 2.76. The summed E-state index contributed by atoms with van der Waals surface area (Å²) in [6.45, 7) is -0.000961. The number of hydrogen-bond donors (Lipinski definition) is 1. The summed E-state index contributed by atoms with van der Waals surface area (Å²) in [5.74, 6) is 1.07. The van der Waals surface area contributed by atoms with Crippen LogP contribution in [0.4, 0.5) is 5.69 Å². The van der Waals surface area contributed by atoms with Crippen molar-refractivity contribution >= 4 is 17.4 Å². The van der Waals surface area contributed by atoms with E-state index in [1.54, 1.807) is 23.9 Å². The summed E-state index contributed by atoms with van der Waals surface area (Å²) in [5, 5.41) is 20.0. The minimum Gasteiger partial charge on any atom is -0.496 e. The van der Waals surface area contributed by atoms with E-state index in [9.17, 15) is 10.1 Å². The predicted molar refractivity (Wildman–Crippen MR) is 81.6 cm³/mol. The number of ether oxygens (including phenoxy) is 1. The van der Waals surface area contributed by atoms with Crippen molar-refractivity contribution in [3.63, 3.8) is 0 Å². The first-order valence-electron chi connectivity index (χ1n) is 6.27. The minimum atomic E-state index is -0.428. The summed E-state index contributed by atoms with van der Waals surface area (Å²) in [6.07, 6.45) is 0. The van der Waals surface area contributed by atoms with Gasteiger partial charge in [0.1, 0.15) is 5.75 Å². The van der Waals surface area contributed by atoms with Gasteiger partial charge < -0.3 is 9.84 Å². The van der Waals surface area contributed by atoms with E-state index in [1.807, 2.05) is 24.3 Å². The van der Waals surface area contributed by atoms with Gasteiger partial charge in [0.05, 0.1) is 24.7 Å². The van der Waals surface area contributed by atoms with Gasteiger partial charge in [-0.25, -0.2) is 0 Å². The molecule has 0 bridgehead atoms. The van der Waals surface area contributed by atoms with Gasteiger partial charge in [-0.3, -0.25) is 10.1 Å². The second-order valence-corrected chi connectivity index (χ2v) is 5.44. The van der Waals surface area contributed by atoms with Crippen molar-refractivity contribution in [2.24, 2.45) is 0 Å². The van der Waals surface area contributed by atoms with Gasteiger partial charge in [0.2, 0.25) is 0 Å². The number of methoxy groups -OCH3 is 1. The molecule has 0 fully saturated rings. The van der Waals surface area contributed by atoms with Crippen molar-refractivity contribution < 1.29 is 14.8 Å². The highest BCUT2D eigenvalue weighted by molar-refractivity contribution is 7.98. The van der Waals surface area contributed by atoms with Crippen LogP contribution in [-0.2, 0) is 12.4 Å². The first kappa shape index (κ1) is 15.3. The lowest BCUT2D eigenvalue weighted by Crippen LogP contribution is -1.93. The Balaban J connectivity index is 2.15. The molecule has 6 heteroatoms. The highest BCUT2D eigenvalue weighted by Gasteiger charge is 2.10. The predicted octanol–water partition coefficient (Wildman–Crippen LogP) is 3.39. The molecule has 2 rings (SSSR count). The fourth-order valence-electron chi connectivity index (χ4n) is 1.85. The highest BCUT2D eigenvalue weighted by Crippen LogP contribution is 2.28. The van der Waals surface area contributed by atoms with Crippen LogP contribution in [0.5, 0.6) is 5.75 Å². The van der Waals surface area contributed by atoms with Gasteiger partial charge in [-0.05, 0) is 29.3 Å². The maximum atomic E-state index is 10.9. The molecule has 2 aromatic rings. The van der Waals surface area contributed by atoms with E-state index in [0.717, 1.165) is 16.0 Å². The van der Waals surface area contributed by atoms with Gasteiger partial charge >= 0.3 is 0 Å². The summed E-state index contributed by atoms with van der Waals surface area (Å²) >= 11 is 1.55. The minimum absolute atomic E-state index is 0.000961. The largest absolute Gasteiger partial charge is 0.496 e. The number of nitrogens with zero attached hydrogens (tertiary/aromatic N) is 1. The van der Waals surface area contributed by atoms with Crippen LogP contribution in [0.25, 0.3) is 0 Å². The third-order valence-electron chi connectivity index (χ3n) is 2.88. The fraction of sp³-hybridized carbons (Fsp3) is 0.200. The van der Waals surface area contributed by atoms with E-state index in [-0.39, 0.29) is 12.3 Å². The Kier molecular flexibility index (Phi) is 5.19. The van der Waals surface area contributed by atoms with Crippen molar-refractivity contribution in [1.82, 2.24) is 0 Å². The second kappa shape index (κ2) is 7.10. The Hall–Kier alpha value is -2.05. The normalized spacial score (nSPS) is 10.4. The first-order chi connectivity index (χ1) is 10.1. The second-order valence-electron chi connectivity index (χ2n) is 4.39. The molecule has 0 aliphatic carbocycles. The Morgan fingerprint density at radius 3 is 2.71 bits per heavy atom. The zero-order chi connectivity index (χ0) is 15.2. The molecule has 0 heterocycles. The topological polar surface area (TPSA) is 72.6 Å². The number of nitro groups is 1. The molecule has 0 saturated heterocycles. The smallest absolute Gasteiger partial charge is 0.273 e. The van der Waals surface area contributed by atoms with E-state index in [1.165, 1.54) is 13.2 Å². The number of hydrogen-bond acceptors (Lipinski definition) is 5. The van der Waals surface area contributed by atoms with Crippen LogP contribution >= 0.6 is 11.8 Å². The van der Waals surface area contributed by atoms with Gasteiger partial charge in [-0.15, -0.1) is 11.8 Å². The van der Waals surface area contributed by atoms with E-state index in [0.29, 0.717) is 11.5 Å². The molecule has 0 atom stereocenters. The molecule has 5 nitrogen and oxygen atoms in total. The summed E-state index contributed by atoms with van der Waals surface area (Å²) in [4.78, 5) is 11.5. The van der Waals surface area contributed by atoms with Crippen LogP contribution in [0.1, 0.15) is 11.1 Å². The SMILES string of the molecule is COc1cc(CSc2cccc(CO)c2)cc([N+](=O)[O-])c1. The Morgan fingerprint density at radius 1 is 1.24 bits per heavy atom.